The van der Waals surface area contributed by atoms with Crippen LogP contribution in [0.25, 0.3) is 0 Å². The van der Waals surface area contributed by atoms with Gasteiger partial charge >= 0.3 is 11.9 Å². The zero-order valence-corrected chi connectivity index (χ0v) is 56.0. The number of carbonyl (C=O) groups excluding carboxylic acids is 3. The van der Waals surface area contributed by atoms with Gasteiger partial charge in [-0.1, -0.05) is 181 Å². The summed E-state index contributed by atoms with van der Waals surface area (Å²) in [6.07, 6.45) is 26.1. The van der Waals surface area contributed by atoms with Gasteiger partial charge < -0.3 is 14.6 Å². The molecular formula is C76H113O6P. The Morgan fingerprint density at radius 1 is 0.506 bits per heavy atom. The summed E-state index contributed by atoms with van der Waals surface area (Å²) < 4.78 is 12.3. The van der Waals surface area contributed by atoms with E-state index in [0.29, 0.717) is 42.7 Å². The first-order valence-corrected chi connectivity index (χ1v) is 35.4. The number of ketones is 1. The van der Waals surface area contributed by atoms with E-state index in [0.717, 1.165) is 129 Å². The number of allylic oxidation sites excluding steroid dienone is 4. The first kappa shape index (κ1) is 63.0. The Labute approximate surface area is 506 Å². The number of rotatable bonds is 6. The highest BCUT2D eigenvalue weighted by Gasteiger charge is 2.72. The van der Waals surface area contributed by atoms with Crippen LogP contribution in [-0.2, 0) is 37.1 Å². The summed E-state index contributed by atoms with van der Waals surface area (Å²) >= 11 is 0. The van der Waals surface area contributed by atoms with E-state index in [1.807, 2.05) is 48.5 Å². The smallest absolute Gasteiger partial charge is 0.313 e. The zero-order chi connectivity index (χ0) is 60.2. The molecule has 10 aliphatic rings. The van der Waals surface area contributed by atoms with Crippen molar-refractivity contribution in [2.24, 2.45) is 100 Å². The fourth-order valence-electron chi connectivity index (χ4n) is 22.7. The van der Waals surface area contributed by atoms with Crippen molar-refractivity contribution in [3.63, 3.8) is 0 Å². The van der Waals surface area contributed by atoms with Gasteiger partial charge in [-0.2, -0.15) is 0 Å². The molecule has 2 aromatic carbocycles. The lowest BCUT2D eigenvalue weighted by atomic mass is 9.33. The van der Waals surface area contributed by atoms with Gasteiger partial charge in [-0.15, -0.1) is 8.58 Å². The van der Waals surface area contributed by atoms with Crippen LogP contribution in [-0.4, -0.2) is 42.3 Å². The highest BCUT2D eigenvalue weighted by Crippen LogP contribution is 2.78. The molecule has 12 rings (SSSR count). The number of benzene rings is 2. The summed E-state index contributed by atoms with van der Waals surface area (Å²) in [5, 5.41) is 11.0. The van der Waals surface area contributed by atoms with Crippen LogP contribution < -0.4 is 0 Å². The third-order valence-corrected chi connectivity index (χ3v) is 28.2. The molecule has 8 fully saturated rings. The van der Waals surface area contributed by atoms with Gasteiger partial charge in [0.1, 0.15) is 19.0 Å². The Bertz CT molecular complexity index is 2810. The topological polar surface area (TPSA) is 89.9 Å². The van der Waals surface area contributed by atoms with Gasteiger partial charge in [0.05, 0.1) is 16.9 Å². The SMILES string of the molecule is CC1(C)CC[C@]2(C(=O)OCc3ccccc3)CC[C@]3(C)C(=CCC4[C@@]5(C)CCC(=O)C(C)(C)[C@@H]5CC[C@]43C)[C@@H]2C1.CC1(C)CC[C@]2(C(=O)OCc3ccccc3)CC[C@]3(C)C(=CCC4[C@@]5(C)CCC(O)C(C)(C)[C@@H]5CC[C@]43C)[C@@H]2C1.CPC. The van der Waals surface area contributed by atoms with Crippen molar-refractivity contribution in [1.29, 1.82) is 0 Å². The van der Waals surface area contributed by atoms with E-state index in [4.69, 9.17) is 9.47 Å². The average Bonchev–Trinajstić information content (AvgIpc) is 3.52. The molecule has 0 bridgehead atoms. The van der Waals surface area contributed by atoms with Crippen molar-refractivity contribution in [1.82, 2.24) is 0 Å². The standard InChI is InChI=1S/C37H54O3.C37H52O3.C2H7P/c2*1-32(2)19-21-37(31(39)40-24-25-11-9-8-10-12-25)22-20-35(6)26(27(37)23-32)13-14-29-34(5)17-16-30(38)33(3,4)28(34)15-18-36(29,35)7;1-3-2/h8-13,27-30,38H,14-24H2,1-7H3;8-13,27-29H,14-24H2,1-7H3;3H,1-2H3/t27-,28-,29?,30?,34-,35+,36+,37-;27-,28-,29?,34-,35+,36+,37-;/m00./s1. The fraction of sp³-hybridized carbons (Fsp3) is 0.750. The van der Waals surface area contributed by atoms with E-state index in [2.05, 4.69) is 135 Å². The lowest BCUT2D eigenvalue weighted by molar-refractivity contribution is -0.206. The highest BCUT2D eigenvalue weighted by molar-refractivity contribution is 7.35. The number of Topliss-reactive ketones (excluding diaryl/α,β-unsaturated/α-hetero) is 1. The van der Waals surface area contributed by atoms with Crippen LogP contribution in [0.5, 0.6) is 0 Å². The second-order valence-corrected chi connectivity index (χ2v) is 34.9. The van der Waals surface area contributed by atoms with Gasteiger partial charge in [0.25, 0.3) is 0 Å². The van der Waals surface area contributed by atoms with Crippen molar-refractivity contribution in [3.05, 3.63) is 95.1 Å². The van der Waals surface area contributed by atoms with E-state index in [1.165, 1.54) is 19.3 Å². The maximum Gasteiger partial charge on any atom is 0.313 e. The van der Waals surface area contributed by atoms with Crippen LogP contribution in [0.2, 0.25) is 0 Å². The lowest BCUT2D eigenvalue weighted by Gasteiger charge is -2.71. The normalized spacial score (nSPS) is 42.9. The zero-order valence-electron chi connectivity index (χ0n) is 55.0. The van der Waals surface area contributed by atoms with Gasteiger partial charge in [0.2, 0.25) is 0 Å². The average molecular weight is 1150 g/mol. The first-order valence-electron chi connectivity index (χ1n) is 33.4. The summed E-state index contributed by atoms with van der Waals surface area (Å²) in [5.41, 5.74) is 5.72. The maximum atomic E-state index is 14.1. The highest BCUT2D eigenvalue weighted by atomic mass is 31.1. The second-order valence-electron chi connectivity index (χ2n) is 33.9. The van der Waals surface area contributed by atoms with Gasteiger partial charge in [0.15, 0.2) is 0 Å². The second kappa shape index (κ2) is 21.9. The van der Waals surface area contributed by atoms with Crippen LogP contribution in [0, 0.1) is 100 Å². The Morgan fingerprint density at radius 2 is 0.904 bits per heavy atom. The molecule has 10 aliphatic carbocycles. The molecule has 0 heterocycles. The number of hydrogen-bond donors (Lipinski definition) is 1. The number of aliphatic hydroxyl groups is 1. The quantitative estimate of drug-likeness (QED) is 0.176. The number of hydrogen-bond acceptors (Lipinski definition) is 6. The summed E-state index contributed by atoms with van der Waals surface area (Å²) in [4.78, 5) is 41.3. The van der Waals surface area contributed by atoms with E-state index in [9.17, 15) is 19.5 Å². The molecule has 0 aromatic heterocycles. The van der Waals surface area contributed by atoms with E-state index >= 15 is 0 Å². The van der Waals surface area contributed by atoms with Gasteiger partial charge in [0, 0.05) is 11.8 Å². The largest absolute Gasteiger partial charge is 0.460 e. The summed E-state index contributed by atoms with van der Waals surface area (Å²) in [5.74, 6) is 3.30. The number of ether oxygens (including phenoxy) is 2. The molecule has 0 spiro atoms. The van der Waals surface area contributed by atoms with Crippen molar-refractivity contribution in [2.45, 2.75) is 245 Å². The molecule has 0 aliphatic heterocycles. The van der Waals surface area contributed by atoms with E-state index in [1.54, 1.807) is 11.1 Å². The molecule has 7 heteroatoms. The summed E-state index contributed by atoms with van der Waals surface area (Å²) in [7, 11) is 1.08. The minimum atomic E-state index is -0.404. The Kier molecular flexibility index (Phi) is 16.6. The molecule has 6 nitrogen and oxygen atoms in total. The third-order valence-electron chi connectivity index (χ3n) is 28.2. The van der Waals surface area contributed by atoms with Crippen molar-refractivity contribution < 1.29 is 29.0 Å². The number of esters is 2. The molecule has 3 unspecified atom stereocenters. The molecule has 458 valence electrons. The molecule has 0 saturated heterocycles. The summed E-state index contributed by atoms with van der Waals surface area (Å²) in [6.45, 7) is 39.3. The van der Waals surface area contributed by atoms with Crippen molar-refractivity contribution in [3.8, 4) is 0 Å². The predicted molar refractivity (Wildman–Crippen MR) is 342 cm³/mol. The van der Waals surface area contributed by atoms with Crippen LogP contribution >= 0.6 is 8.58 Å². The predicted octanol–water partition coefficient (Wildman–Crippen LogP) is 18.9. The Balaban J connectivity index is 0.000000177. The van der Waals surface area contributed by atoms with Crippen molar-refractivity contribution >= 4 is 26.3 Å². The minimum Gasteiger partial charge on any atom is -0.460 e. The van der Waals surface area contributed by atoms with E-state index < -0.39 is 10.8 Å². The van der Waals surface area contributed by atoms with Gasteiger partial charge in [-0.25, -0.2) is 0 Å². The molecule has 8 saturated carbocycles. The maximum absolute atomic E-state index is 14.1. The fourth-order valence-corrected chi connectivity index (χ4v) is 22.7. The van der Waals surface area contributed by atoms with Crippen LogP contribution in [0.15, 0.2) is 84.0 Å². The number of fused-ring (bicyclic) bond motifs is 14. The molecule has 2 aromatic rings. The van der Waals surface area contributed by atoms with Crippen LogP contribution in [0.1, 0.15) is 236 Å². The number of aliphatic hydroxyl groups excluding tert-OH is 1. The minimum absolute atomic E-state index is 0.0309. The lowest BCUT2D eigenvalue weighted by Crippen LogP contribution is -2.65. The first-order chi connectivity index (χ1) is 38.8. The van der Waals surface area contributed by atoms with Crippen molar-refractivity contribution in [2.75, 3.05) is 13.3 Å². The summed E-state index contributed by atoms with van der Waals surface area (Å²) in [6, 6.07) is 20.3. The Hall–Kier alpha value is -3.08. The molecule has 15 atom stereocenters. The monoisotopic (exact) mass is 1150 g/mol. The molecule has 1 N–H and O–H groups in total. The molecular weight excluding hydrogens is 1040 g/mol. The molecule has 0 amide bonds. The van der Waals surface area contributed by atoms with Gasteiger partial charge in [-0.3, -0.25) is 14.4 Å². The van der Waals surface area contributed by atoms with Crippen LogP contribution in [0.4, 0.5) is 0 Å². The van der Waals surface area contributed by atoms with Gasteiger partial charge in [-0.05, 0) is 231 Å². The molecule has 0 radical (unpaired) electrons. The Morgan fingerprint density at radius 3 is 1.34 bits per heavy atom. The van der Waals surface area contributed by atoms with Crippen LogP contribution in [0.3, 0.4) is 0 Å². The van der Waals surface area contributed by atoms with E-state index in [-0.39, 0.29) is 84.0 Å². The third kappa shape index (κ3) is 9.92. The molecule has 83 heavy (non-hydrogen) atoms. The number of carbonyl (C=O) groups is 3.